The third kappa shape index (κ3) is 18.4. The first-order chi connectivity index (χ1) is 20.6. The predicted octanol–water partition coefficient (Wildman–Crippen LogP) is 5.66. The highest BCUT2D eigenvalue weighted by Crippen LogP contribution is 2.29. The van der Waals surface area contributed by atoms with E-state index in [9.17, 15) is 19.2 Å². The molecule has 238 valence electrons. The maximum Gasteiger partial charge on any atom is 0.407 e. The number of benzene rings is 1. The van der Waals surface area contributed by atoms with Gasteiger partial charge < -0.3 is 29.6 Å². The topological polar surface area (TPSA) is 129 Å². The summed E-state index contributed by atoms with van der Waals surface area (Å²) in [4.78, 5) is 48.1. The zero-order valence-corrected chi connectivity index (χ0v) is 25.9. The molecular formula is C33H48N2O8. The third-order valence-corrected chi connectivity index (χ3v) is 6.54. The smallest absolute Gasteiger partial charge is 0.407 e. The molecule has 1 unspecified atom stereocenters. The first-order valence-corrected chi connectivity index (χ1v) is 15.1. The lowest BCUT2D eigenvalue weighted by atomic mass is 9.81. The number of carbonyl (C=O) groups is 4. The summed E-state index contributed by atoms with van der Waals surface area (Å²) in [5, 5.41) is 5.38. The second-order valence-electron chi connectivity index (χ2n) is 11.7. The van der Waals surface area contributed by atoms with E-state index in [1.807, 2.05) is 36.4 Å². The monoisotopic (exact) mass is 600 g/mol. The van der Waals surface area contributed by atoms with Crippen LogP contribution in [0.1, 0.15) is 71.3 Å². The molecule has 43 heavy (non-hydrogen) atoms. The standard InChI is InChI=1S/C33H48N2O8/c1-33(2,3)24-28(23-30(37)41-20-22-43-32(39)35-25-27-13-8-5-9-14-27)15-10-18-34-31(38)42-21-19-40-29(36)17-16-26-11-6-4-7-12-26/h4,6-8,11-14,28H,5,9-10,15-25H2,1-3H3,(H,34,38)(H,35,39). The van der Waals surface area contributed by atoms with Gasteiger partial charge in [0.15, 0.2) is 0 Å². The lowest BCUT2D eigenvalue weighted by Crippen LogP contribution is -2.28. The van der Waals surface area contributed by atoms with E-state index in [1.165, 1.54) is 0 Å². The van der Waals surface area contributed by atoms with Gasteiger partial charge in [-0.25, -0.2) is 9.59 Å². The number of rotatable bonds is 18. The Bertz CT molecular complexity index is 1060. The van der Waals surface area contributed by atoms with Crippen LogP contribution in [0.4, 0.5) is 9.59 Å². The van der Waals surface area contributed by atoms with Crippen molar-refractivity contribution in [1.82, 2.24) is 10.6 Å². The van der Waals surface area contributed by atoms with Crippen molar-refractivity contribution < 1.29 is 38.1 Å². The van der Waals surface area contributed by atoms with Crippen LogP contribution in [0.5, 0.6) is 0 Å². The molecule has 0 fully saturated rings. The number of allylic oxidation sites excluding steroid dienone is 2. The Labute approximate surface area is 255 Å². The second-order valence-corrected chi connectivity index (χ2v) is 11.7. The van der Waals surface area contributed by atoms with Gasteiger partial charge in [0, 0.05) is 25.9 Å². The number of alkyl carbamates (subject to hydrolysis) is 2. The molecule has 1 atom stereocenters. The van der Waals surface area contributed by atoms with Crippen molar-refractivity contribution in [3.05, 3.63) is 59.7 Å². The van der Waals surface area contributed by atoms with E-state index in [0.29, 0.717) is 25.9 Å². The average Bonchev–Trinajstić information content (AvgIpc) is 2.98. The number of ether oxygens (including phenoxy) is 4. The van der Waals surface area contributed by atoms with Gasteiger partial charge in [0.1, 0.15) is 26.4 Å². The molecule has 0 bridgehead atoms. The number of esters is 2. The fraction of sp³-hybridized carbons (Fsp3) is 0.576. The molecule has 0 saturated carbocycles. The minimum atomic E-state index is -0.580. The van der Waals surface area contributed by atoms with Gasteiger partial charge >= 0.3 is 24.1 Å². The van der Waals surface area contributed by atoms with Gasteiger partial charge in [-0.3, -0.25) is 9.59 Å². The molecule has 10 nitrogen and oxygen atoms in total. The van der Waals surface area contributed by atoms with E-state index in [-0.39, 0.29) is 62.5 Å². The highest BCUT2D eigenvalue weighted by molar-refractivity contribution is 5.70. The minimum absolute atomic E-state index is 0.00238. The molecule has 0 aliphatic heterocycles. The highest BCUT2D eigenvalue weighted by Gasteiger charge is 2.22. The maximum atomic E-state index is 12.4. The summed E-state index contributed by atoms with van der Waals surface area (Å²) < 4.78 is 20.6. The summed E-state index contributed by atoms with van der Waals surface area (Å²) >= 11 is 0. The molecule has 1 aliphatic carbocycles. The molecule has 2 N–H and O–H groups in total. The summed E-state index contributed by atoms with van der Waals surface area (Å²) in [5.74, 6) is -0.613. The van der Waals surface area contributed by atoms with Crippen LogP contribution in [0, 0.1) is 11.3 Å². The lowest BCUT2D eigenvalue weighted by molar-refractivity contribution is -0.146. The van der Waals surface area contributed by atoms with Gasteiger partial charge in [0.25, 0.3) is 0 Å². The number of hydrogen-bond acceptors (Lipinski definition) is 8. The number of hydrogen-bond donors (Lipinski definition) is 2. The van der Waals surface area contributed by atoms with Crippen molar-refractivity contribution in [2.24, 2.45) is 11.3 Å². The quantitative estimate of drug-likeness (QED) is 0.126. The van der Waals surface area contributed by atoms with Crippen LogP contribution in [0.3, 0.4) is 0 Å². The van der Waals surface area contributed by atoms with Gasteiger partial charge in [-0.2, -0.15) is 0 Å². The Kier molecular flexibility index (Phi) is 16.6. The first kappa shape index (κ1) is 35.4. The maximum absolute atomic E-state index is 12.4. The summed E-state index contributed by atoms with van der Waals surface area (Å²) in [6, 6.07) is 9.67. The van der Waals surface area contributed by atoms with Crippen molar-refractivity contribution in [1.29, 1.82) is 0 Å². The average molecular weight is 601 g/mol. The fourth-order valence-electron chi connectivity index (χ4n) is 4.64. The van der Waals surface area contributed by atoms with Crippen molar-refractivity contribution in [3.8, 4) is 0 Å². The molecule has 0 saturated heterocycles. The summed E-state index contributed by atoms with van der Waals surface area (Å²) in [6.45, 7) is 7.08. The van der Waals surface area contributed by atoms with Gasteiger partial charge in [0.05, 0.1) is 0 Å². The zero-order chi connectivity index (χ0) is 31.3. The van der Waals surface area contributed by atoms with Crippen molar-refractivity contribution in [3.63, 3.8) is 0 Å². The van der Waals surface area contributed by atoms with Gasteiger partial charge in [-0.15, -0.1) is 0 Å². The molecule has 1 aliphatic rings. The van der Waals surface area contributed by atoms with E-state index in [0.717, 1.165) is 36.8 Å². The summed E-state index contributed by atoms with van der Waals surface area (Å²) in [5.41, 5.74) is 2.11. The summed E-state index contributed by atoms with van der Waals surface area (Å²) in [6.07, 6.45) is 10.3. The van der Waals surface area contributed by atoms with Crippen LogP contribution >= 0.6 is 0 Å². The molecule has 0 spiro atoms. The van der Waals surface area contributed by atoms with Crippen molar-refractivity contribution in [2.75, 3.05) is 39.5 Å². The Balaban J connectivity index is 1.55. The molecule has 0 aromatic heterocycles. The highest BCUT2D eigenvalue weighted by atomic mass is 16.6. The SMILES string of the molecule is CC(C)(C)CC(CCCNC(=O)OCCOC(=O)CCc1ccccc1)CC(=O)OCCOC(=O)NCC1=CCCC=C1. The van der Waals surface area contributed by atoms with Gasteiger partial charge in [-0.1, -0.05) is 69.3 Å². The van der Waals surface area contributed by atoms with Crippen LogP contribution in [0.15, 0.2) is 54.1 Å². The largest absolute Gasteiger partial charge is 0.462 e. The van der Waals surface area contributed by atoms with Gasteiger partial charge in [-0.05, 0) is 61.0 Å². The fourth-order valence-corrected chi connectivity index (χ4v) is 4.64. The molecule has 0 radical (unpaired) electrons. The lowest BCUT2D eigenvalue weighted by Gasteiger charge is -2.25. The van der Waals surface area contributed by atoms with E-state index in [1.54, 1.807) is 0 Å². The number of aryl methyl sites for hydroxylation is 1. The number of carbonyl (C=O) groups excluding carboxylic acids is 4. The second kappa shape index (κ2) is 20.1. The molecule has 1 aromatic carbocycles. The predicted molar refractivity (Wildman–Crippen MR) is 163 cm³/mol. The zero-order valence-electron chi connectivity index (χ0n) is 25.9. The molecule has 10 heteroatoms. The number of amides is 2. The van der Waals surface area contributed by atoms with E-state index in [4.69, 9.17) is 18.9 Å². The first-order valence-electron chi connectivity index (χ1n) is 15.1. The Morgan fingerprint density at radius 1 is 0.837 bits per heavy atom. The minimum Gasteiger partial charge on any atom is -0.462 e. The Morgan fingerprint density at radius 2 is 1.49 bits per heavy atom. The Hall–Kier alpha value is -3.82. The van der Waals surface area contributed by atoms with Crippen molar-refractivity contribution >= 4 is 24.1 Å². The molecule has 1 aromatic rings. The Morgan fingerprint density at radius 3 is 2.14 bits per heavy atom. The van der Waals surface area contributed by atoms with E-state index < -0.39 is 12.2 Å². The normalized spacial score (nSPS) is 13.3. The van der Waals surface area contributed by atoms with Crippen LogP contribution < -0.4 is 10.6 Å². The van der Waals surface area contributed by atoms with Crippen LogP contribution in [0.2, 0.25) is 0 Å². The van der Waals surface area contributed by atoms with Gasteiger partial charge in [0.2, 0.25) is 0 Å². The van der Waals surface area contributed by atoms with E-state index in [2.05, 4.69) is 43.6 Å². The van der Waals surface area contributed by atoms with Crippen molar-refractivity contribution in [2.45, 2.75) is 72.1 Å². The summed E-state index contributed by atoms with van der Waals surface area (Å²) in [7, 11) is 0. The number of nitrogens with one attached hydrogen (secondary N) is 2. The third-order valence-electron chi connectivity index (χ3n) is 6.54. The molecule has 0 heterocycles. The molecule has 2 amide bonds. The van der Waals surface area contributed by atoms with Crippen LogP contribution in [0.25, 0.3) is 0 Å². The van der Waals surface area contributed by atoms with E-state index >= 15 is 0 Å². The van der Waals surface area contributed by atoms with Crippen LogP contribution in [-0.4, -0.2) is 63.6 Å². The molecule has 2 rings (SSSR count). The van der Waals surface area contributed by atoms with Crippen LogP contribution in [-0.2, 0) is 35.0 Å². The molecular weight excluding hydrogens is 552 g/mol.